The molecule has 1 fully saturated rings. The smallest absolute Gasteiger partial charge is 0.407 e. The average molecular weight is 865 g/mol. The van der Waals surface area contributed by atoms with Crippen molar-refractivity contribution in [3.63, 3.8) is 0 Å². The lowest BCUT2D eigenvalue weighted by Gasteiger charge is -2.38. The van der Waals surface area contributed by atoms with E-state index in [9.17, 15) is 29.4 Å². The number of ether oxygens (including phenoxy) is 1. The van der Waals surface area contributed by atoms with E-state index in [1.54, 1.807) is 53.1 Å². The Kier molecular flexibility index (Phi) is 15.7. The van der Waals surface area contributed by atoms with E-state index in [4.69, 9.17) is 4.74 Å². The zero-order chi connectivity index (χ0) is 46.1. The molecule has 0 spiro atoms. The molecule has 4 aromatic rings. The van der Waals surface area contributed by atoms with Crippen LogP contribution in [-0.4, -0.2) is 110 Å². The zero-order valence-electron chi connectivity index (χ0n) is 38.0. The van der Waals surface area contributed by atoms with Gasteiger partial charge in [0.2, 0.25) is 5.91 Å². The number of benzene rings is 2. The van der Waals surface area contributed by atoms with Crippen LogP contribution in [0.3, 0.4) is 0 Å². The van der Waals surface area contributed by atoms with Gasteiger partial charge in [0.05, 0.1) is 42.9 Å². The monoisotopic (exact) mass is 864 g/mol. The number of carbonyl (C=O) groups is 4. The molecule has 0 bridgehead atoms. The molecule has 4 unspecified atom stereocenters. The maximum Gasteiger partial charge on any atom is 0.407 e. The highest BCUT2D eigenvalue weighted by Crippen LogP contribution is 2.29. The molecule has 15 nitrogen and oxygen atoms in total. The zero-order valence-corrected chi connectivity index (χ0v) is 38.0. The maximum atomic E-state index is 14.7. The van der Waals surface area contributed by atoms with Crippen LogP contribution in [0, 0.1) is 10.8 Å². The highest BCUT2D eigenvalue weighted by molar-refractivity contribution is 5.89. The Morgan fingerprint density at radius 2 is 1.49 bits per heavy atom. The number of urea groups is 1. The molecule has 0 aliphatic carbocycles. The lowest BCUT2D eigenvalue weighted by molar-refractivity contribution is -0.133. The van der Waals surface area contributed by atoms with Gasteiger partial charge in [0, 0.05) is 37.9 Å². The van der Waals surface area contributed by atoms with E-state index in [1.165, 1.54) is 7.11 Å². The summed E-state index contributed by atoms with van der Waals surface area (Å²) in [7, 11) is 1.22. The van der Waals surface area contributed by atoms with Crippen LogP contribution in [0.25, 0.3) is 11.3 Å². The maximum absolute atomic E-state index is 14.7. The molecule has 63 heavy (non-hydrogen) atoms. The number of hydrogen-bond donors (Lipinski definition) is 5. The fourth-order valence-electron chi connectivity index (χ4n) is 7.62. The number of aromatic nitrogens is 2. The first-order valence-corrected chi connectivity index (χ1v) is 21.3. The summed E-state index contributed by atoms with van der Waals surface area (Å²) in [6, 6.07) is 25.0. The van der Waals surface area contributed by atoms with Crippen LogP contribution in [0.4, 0.5) is 9.59 Å². The summed E-state index contributed by atoms with van der Waals surface area (Å²) in [5.74, 6) is -0.962. The van der Waals surface area contributed by atoms with Crippen LogP contribution in [0.2, 0.25) is 0 Å². The predicted octanol–water partition coefficient (Wildman–Crippen LogP) is 5.42. The molecule has 0 saturated carbocycles. The Morgan fingerprint density at radius 1 is 0.810 bits per heavy atom. The van der Waals surface area contributed by atoms with Gasteiger partial charge in [-0.3, -0.25) is 25.0 Å². The Morgan fingerprint density at radius 3 is 2.10 bits per heavy atom. The summed E-state index contributed by atoms with van der Waals surface area (Å²) in [4.78, 5) is 67.4. The molecule has 4 atom stereocenters. The summed E-state index contributed by atoms with van der Waals surface area (Å²) in [5.41, 5.74) is 4.83. The molecular weight excluding hydrogens is 801 g/mol. The number of aliphatic hydroxyl groups excluding tert-OH is 1. The summed E-state index contributed by atoms with van der Waals surface area (Å²) in [6.45, 7) is 15.3. The number of nitrogens with one attached hydrogen (secondary N) is 3. The number of alkyl carbamates (subject to hydrolysis) is 1. The van der Waals surface area contributed by atoms with Gasteiger partial charge in [-0.15, -0.1) is 0 Å². The van der Waals surface area contributed by atoms with E-state index >= 15 is 0 Å². The number of rotatable bonds is 17. The van der Waals surface area contributed by atoms with Crippen molar-refractivity contribution in [3.05, 3.63) is 120 Å². The Bertz CT molecular complexity index is 2150. The molecule has 5 rings (SSSR count). The van der Waals surface area contributed by atoms with Crippen LogP contribution >= 0.6 is 0 Å². The molecule has 2 aromatic carbocycles. The van der Waals surface area contributed by atoms with Crippen molar-refractivity contribution in [1.29, 1.82) is 0 Å². The molecule has 2 aromatic heterocycles. The van der Waals surface area contributed by atoms with Crippen molar-refractivity contribution in [2.75, 3.05) is 26.7 Å². The number of methoxy groups -OCH3 is 1. The summed E-state index contributed by atoms with van der Waals surface area (Å²) in [5, 5.41) is 30.1. The van der Waals surface area contributed by atoms with Gasteiger partial charge in [0.15, 0.2) is 0 Å². The largest absolute Gasteiger partial charge is 0.453 e. The van der Waals surface area contributed by atoms with Gasteiger partial charge in [0.1, 0.15) is 17.7 Å². The van der Waals surface area contributed by atoms with Crippen LogP contribution in [0.15, 0.2) is 97.2 Å². The SMILES string of the molecule is COC(=O)NC(C(=O)NN(Cc1ccc(-c2ccccn2)cc1)CC(O)C(Cc1ccccc1)NC(=O)C(N1CCN(Cc2cccc(C(C)(C)O)n2)C1=O)C(C)(C)C)C(C)(C)C. The quantitative estimate of drug-likeness (QED) is 0.0859. The van der Waals surface area contributed by atoms with Crippen LogP contribution in [-0.2, 0) is 39.4 Å². The number of amides is 5. The third-order valence-electron chi connectivity index (χ3n) is 10.9. The average Bonchev–Trinajstić information content (AvgIpc) is 3.56. The van der Waals surface area contributed by atoms with Gasteiger partial charge in [-0.05, 0) is 66.5 Å². The second kappa shape index (κ2) is 20.5. The third kappa shape index (κ3) is 13.3. The van der Waals surface area contributed by atoms with Gasteiger partial charge in [-0.25, -0.2) is 14.6 Å². The minimum atomic E-state index is -1.25. The minimum Gasteiger partial charge on any atom is -0.453 e. The van der Waals surface area contributed by atoms with Gasteiger partial charge < -0.3 is 35.4 Å². The number of carbonyl (C=O) groups excluding carboxylic acids is 4. The number of aliphatic hydroxyl groups is 2. The van der Waals surface area contributed by atoms with Gasteiger partial charge >= 0.3 is 12.1 Å². The molecule has 338 valence electrons. The number of hydrogen-bond acceptors (Lipinski definition) is 10. The fraction of sp³-hybridized carbons (Fsp3) is 0.458. The molecule has 0 radical (unpaired) electrons. The fourth-order valence-corrected chi connectivity index (χ4v) is 7.62. The Labute approximate surface area is 371 Å². The van der Waals surface area contributed by atoms with E-state index in [0.29, 0.717) is 24.5 Å². The summed E-state index contributed by atoms with van der Waals surface area (Å²) in [6.07, 6.45) is -0.0505. The van der Waals surface area contributed by atoms with Crippen molar-refractivity contribution in [2.24, 2.45) is 10.8 Å². The van der Waals surface area contributed by atoms with E-state index in [1.807, 2.05) is 114 Å². The molecule has 3 heterocycles. The van der Waals surface area contributed by atoms with Crippen molar-refractivity contribution in [1.82, 2.24) is 40.8 Å². The van der Waals surface area contributed by atoms with E-state index < -0.39 is 58.6 Å². The van der Waals surface area contributed by atoms with Gasteiger partial charge in [-0.2, -0.15) is 0 Å². The van der Waals surface area contributed by atoms with Crippen LogP contribution < -0.4 is 16.1 Å². The minimum absolute atomic E-state index is 0.131. The highest BCUT2D eigenvalue weighted by atomic mass is 16.5. The second-order valence-electron chi connectivity index (χ2n) is 18.8. The number of hydrazine groups is 1. The summed E-state index contributed by atoms with van der Waals surface area (Å²) >= 11 is 0. The molecule has 5 N–H and O–H groups in total. The summed E-state index contributed by atoms with van der Waals surface area (Å²) < 4.78 is 4.83. The standard InChI is InChI=1S/C48H64N8O7/c1-46(2,3)40(52-44(60)63-9)42(58)53-55(29-33-21-23-34(24-22-33)36-19-13-14-25-49-36)31-38(57)37(28-32-16-11-10-12-17-32)51-43(59)41(47(4,5)6)56-27-26-54(45(56)61)30-35-18-15-20-39(50-35)48(7,8)62/h10-25,37-38,40-41,57,62H,26-31H2,1-9H3,(H,51,59)(H,52,60)(H,53,58). The molecule has 1 aliphatic rings. The Balaban J connectivity index is 1.41. The highest BCUT2D eigenvalue weighted by Gasteiger charge is 2.44. The lowest BCUT2D eigenvalue weighted by atomic mass is 9.84. The van der Waals surface area contributed by atoms with Crippen molar-refractivity contribution in [2.45, 2.75) is 105 Å². The van der Waals surface area contributed by atoms with E-state index in [2.05, 4.69) is 26.0 Å². The van der Waals surface area contributed by atoms with Gasteiger partial charge in [0.25, 0.3) is 5.91 Å². The van der Waals surface area contributed by atoms with E-state index in [0.717, 1.165) is 22.4 Å². The normalized spacial score (nSPS) is 15.4. The Hall–Kier alpha value is -5.90. The topological polar surface area (TPSA) is 190 Å². The first-order valence-electron chi connectivity index (χ1n) is 21.3. The first kappa shape index (κ1) is 48.1. The van der Waals surface area contributed by atoms with Crippen LogP contribution in [0.5, 0.6) is 0 Å². The van der Waals surface area contributed by atoms with Crippen molar-refractivity contribution in [3.8, 4) is 11.3 Å². The molecule has 1 saturated heterocycles. The van der Waals surface area contributed by atoms with Crippen molar-refractivity contribution >= 4 is 23.9 Å². The molecule has 1 aliphatic heterocycles. The third-order valence-corrected chi connectivity index (χ3v) is 10.9. The molecule has 15 heteroatoms. The van der Waals surface area contributed by atoms with Crippen molar-refractivity contribution < 1.29 is 34.1 Å². The van der Waals surface area contributed by atoms with Crippen LogP contribution in [0.1, 0.15) is 77.9 Å². The van der Waals surface area contributed by atoms with Gasteiger partial charge in [-0.1, -0.05) is 108 Å². The molecule has 5 amide bonds. The number of nitrogens with zero attached hydrogens (tertiary/aromatic N) is 5. The second-order valence-corrected chi connectivity index (χ2v) is 18.8. The molecular formula is C48H64N8O7. The first-order chi connectivity index (χ1) is 29.6. The lowest BCUT2D eigenvalue weighted by Crippen LogP contribution is -2.61. The predicted molar refractivity (Wildman–Crippen MR) is 240 cm³/mol. The van der Waals surface area contributed by atoms with E-state index in [-0.39, 0.29) is 32.1 Å². The number of pyridine rings is 2.